The molecule has 1 heterocycles. The van der Waals surface area contributed by atoms with Crippen LogP contribution in [0.2, 0.25) is 0 Å². The predicted molar refractivity (Wildman–Crippen MR) is 85.1 cm³/mol. The first-order chi connectivity index (χ1) is 11.1. The predicted octanol–water partition coefficient (Wildman–Crippen LogP) is 4.67. The van der Waals surface area contributed by atoms with E-state index in [0.29, 0.717) is 11.2 Å². The first-order valence-electron chi connectivity index (χ1n) is 6.58. The van der Waals surface area contributed by atoms with Crippen LogP contribution < -0.4 is 5.43 Å². The van der Waals surface area contributed by atoms with E-state index in [9.17, 15) is 13.2 Å². The minimum absolute atomic E-state index is 0.156. The van der Waals surface area contributed by atoms with Crippen LogP contribution in [0.1, 0.15) is 5.56 Å². The molecule has 0 atom stereocenters. The van der Waals surface area contributed by atoms with Gasteiger partial charge in [-0.25, -0.2) is 18.2 Å². The third kappa shape index (κ3) is 3.57. The highest BCUT2D eigenvalue weighted by Gasteiger charge is 2.08. The molecule has 0 radical (unpaired) electrons. The molecule has 23 heavy (non-hydrogen) atoms. The minimum Gasteiger partial charge on any atom is -0.253 e. The van der Waals surface area contributed by atoms with Gasteiger partial charge in [-0.1, -0.05) is 30.3 Å². The maximum absolute atomic E-state index is 13.4. The number of anilines is 1. The summed E-state index contributed by atoms with van der Waals surface area (Å²) in [5.74, 6) is -3.26. The molecule has 1 aromatic heterocycles. The summed E-state index contributed by atoms with van der Waals surface area (Å²) in [4.78, 5) is 4.33. The number of thiazole rings is 1. The summed E-state index contributed by atoms with van der Waals surface area (Å²) in [5.41, 5.74) is 4.23. The average Bonchev–Trinajstić information content (AvgIpc) is 3.02. The van der Waals surface area contributed by atoms with Crippen LogP contribution in [0.3, 0.4) is 0 Å². The second kappa shape index (κ2) is 6.62. The molecule has 1 N–H and O–H groups in total. The van der Waals surface area contributed by atoms with Gasteiger partial charge in [0, 0.05) is 22.6 Å². The van der Waals surface area contributed by atoms with Gasteiger partial charge in [-0.3, -0.25) is 5.43 Å². The molecule has 0 aliphatic heterocycles. The van der Waals surface area contributed by atoms with E-state index in [1.165, 1.54) is 11.3 Å². The first-order valence-corrected chi connectivity index (χ1v) is 7.46. The molecule has 116 valence electrons. The van der Waals surface area contributed by atoms with Crippen LogP contribution in [0.25, 0.3) is 11.3 Å². The van der Waals surface area contributed by atoms with E-state index in [-0.39, 0.29) is 5.56 Å². The highest BCUT2D eigenvalue weighted by Crippen LogP contribution is 2.24. The normalized spacial score (nSPS) is 11.1. The Morgan fingerprint density at radius 2 is 1.74 bits per heavy atom. The van der Waals surface area contributed by atoms with E-state index >= 15 is 0 Å². The van der Waals surface area contributed by atoms with Gasteiger partial charge in [-0.05, 0) is 6.07 Å². The van der Waals surface area contributed by atoms with Crippen molar-refractivity contribution in [1.29, 1.82) is 0 Å². The van der Waals surface area contributed by atoms with Crippen molar-refractivity contribution in [3.63, 3.8) is 0 Å². The third-order valence-electron chi connectivity index (χ3n) is 2.98. The lowest BCUT2D eigenvalue weighted by atomic mass is 10.2. The Bertz CT molecular complexity index is 847. The number of nitrogens with zero attached hydrogens (tertiary/aromatic N) is 2. The zero-order chi connectivity index (χ0) is 16.2. The Hall–Kier alpha value is -2.67. The van der Waals surface area contributed by atoms with Crippen LogP contribution in [0.4, 0.5) is 18.3 Å². The van der Waals surface area contributed by atoms with Crippen LogP contribution in [0, 0.1) is 17.5 Å². The SMILES string of the molecule is Fc1cc(F)c(C=NNc2nc(-c3ccccc3)cs2)cc1F. The molecule has 0 aliphatic rings. The second-order valence-electron chi connectivity index (χ2n) is 4.56. The fourth-order valence-corrected chi connectivity index (χ4v) is 2.53. The summed E-state index contributed by atoms with van der Waals surface area (Å²) in [6.45, 7) is 0. The fourth-order valence-electron chi connectivity index (χ4n) is 1.86. The van der Waals surface area contributed by atoms with Crippen LogP contribution >= 0.6 is 11.3 Å². The number of hydrazone groups is 1. The topological polar surface area (TPSA) is 37.3 Å². The standard InChI is InChI=1S/C16H10F3N3S/c17-12-7-14(19)13(18)6-11(12)8-20-22-16-21-15(9-23-16)10-4-2-1-3-5-10/h1-9H,(H,21,22). The van der Waals surface area contributed by atoms with E-state index < -0.39 is 17.5 Å². The molecule has 2 aromatic carbocycles. The van der Waals surface area contributed by atoms with Crippen molar-refractivity contribution in [2.75, 3.05) is 5.43 Å². The number of benzene rings is 2. The van der Waals surface area contributed by atoms with Gasteiger partial charge in [0.05, 0.1) is 11.9 Å². The van der Waals surface area contributed by atoms with E-state index in [4.69, 9.17) is 0 Å². The Kier molecular flexibility index (Phi) is 4.38. The second-order valence-corrected chi connectivity index (χ2v) is 5.42. The lowest BCUT2D eigenvalue weighted by Gasteiger charge is -1.98. The summed E-state index contributed by atoms with van der Waals surface area (Å²) in [6, 6.07) is 10.8. The summed E-state index contributed by atoms with van der Waals surface area (Å²) >= 11 is 1.33. The molecule has 0 spiro atoms. The summed E-state index contributed by atoms with van der Waals surface area (Å²) in [5, 5.41) is 6.15. The molecule has 0 amide bonds. The smallest absolute Gasteiger partial charge is 0.203 e. The molecule has 3 aromatic rings. The van der Waals surface area contributed by atoms with Gasteiger partial charge in [0.25, 0.3) is 0 Å². The quantitative estimate of drug-likeness (QED) is 0.428. The zero-order valence-electron chi connectivity index (χ0n) is 11.6. The molecule has 3 rings (SSSR count). The summed E-state index contributed by atoms with van der Waals surface area (Å²) in [7, 11) is 0. The van der Waals surface area contributed by atoms with E-state index in [1.54, 1.807) is 0 Å². The highest BCUT2D eigenvalue weighted by molar-refractivity contribution is 7.14. The van der Waals surface area contributed by atoms with Crippen molar-refractivity contribution in [3.8, 4) is 11.3 Å². The van der Waals surface area contributed by atoms with E-state index in [0.717, 1.165) is 23.5 Å². The summed E-state index contributed by atoms with van der Waals surface area (Å²) in [6.07, 6.45) is 1.07. The molecule has 0 fully saturated rings. The van der Waals surface area contributed by atoms with E-state index in [2.05, 4.69) is 15.5 Å². The van der Waals surface area contributed by atoms with E-state index in [1.807, 2.05) is 35.7 Å². The molecule has 0 unspecified atom stereocenters. The van der Waals surface area contributed by atoms with Crippen LogP contribution in [-0.2, 0) is 0 Å². The summed E-state index contributed by atoms with van der Waals surface area (Å²) < 4.78 is 39.3. The zero-order valence-corrected chi connectivity index (χ0v) is 12.4. The van der Waals surface area contributed by atoms with Gasteiger partial charge in [-0.2, -0.15) is 5.10 Å². The molecule has 3 nitrogen and oxygen atoms in total. The van der Waals surface area contributed by atoms with Gasteiger partial charge >= 0.3 is 0 Å². The molecule has 0 aliphatic carbocycles. The van der Waals surface area contributed by atoms with Gasteiger partial charge < -0.3 is 0 Å². The van der Waals surface area contributed by atoms with Crippen molar-refractivity contribution in [2.45, 2.75) is 0 Å². The molecule has 0 bridgehead atoms. The number of hydrogen-bond acceptors (Lipinski definition) is 4. The maximum atomic E-state index is 13.4. The lowest BCUT2D eigenvalue weighted by molar-refractivity contribution is 0.494. The van der Waals surface area contributed by atoms with Crippen LogP contribution in [-0.4, -0.2) is 11.2 Å². The van der Waals surface area contributed by atoms with Crippen molar-refractivity contribution >= 4 is 22.7 Å². The van der Waals surface area contributed by atoms with Crippen LogP contribution in [0.5, 0.6) is 0 Å². The molecular formula is C16H10F3N3S. The monoisotopic (exact) mass is 333 g/mol. The minimum atomic E-state index is -1.24. The van der Waals surface area contributed by atoms with Crippen molar-refractivity contribution < 1.29 is 13.2 Å². The largest absolute Gasteiger partial charge is 0.253 e. The fraction of sp³-hybridized carbons (Fsp3) is 0. The first kappa shape index (κ1) is 15.2. The highest BCUT2D eigenvalue weighted by atomic mass is 32.1. The maximum Gasteiger partial charge on any atom is 0.203 e. The molecule has 7 heteroatoms. The average molecular weight is 333 g/mol. The van der Waals surface area contributed by atoms with Crippen molar-refractivity contribution in [3.05, 3.63) is 70.9 Å². The lowest BCUT2D eigenvalue weighted by Crippen LogP contribution is -1.96. The van der Waals surface area contributed by atoms with Gasteiger partial charge in [0.15, 0.2) is 11.6 Å². The number of hydrogen-bond donors (Lipinski definition) is 1. The number of rotatable bonds is 4. The number of halogens is 3. The van der Waals surface area contributed by atoms with Crippen molar-refractivity contribution in [1.82, 2.24) is 4.98 Å². The van der Waals surface area contributed by atoms with Gasteiger partial charge in [-0.15, -0.1) is 11.3 Å². The Morgan fingerprint density at radius 1 is 1.00 bits per heavy atom. The van der Waals surface area contributed by atoms with Crippen molar-refractivity contribution in [2.24, 2.45) is 5.10 Å². The third-order valence-corrected chi connectivity index (χ3v) is 3.72. The van der Waals surface area contributed by atoms with Gasteiger partial charge in [0.2, 0.25) is 5.13 Å². The number of aromatic nitrogens is 1. The molecular weight excluding hydrogens is 323 g/mol. The Labute approximate surface area is 134 Å². The molecule has 0 saturated carbocycles. The van der Waals surface area contributed by atoms with Crippen LogP contribution in [0.15, 0.2) is 52.9 Å². The Morgan fingerprint density at radius 3 is 2.52 bits per heavy atom. The van der Waals surface area contributed by atoms with Gasteiger partial charge in [0.1, 0.15) is 5.82 Å². The number of nitrogens with one attached hydrogen (secondary N) is 1. The molecule has 0 saturated heterocycles. The Balaban J connectivity index is 1.72.